The molecule has 0 fully saturated rings. The lowest BCUT2D eigenvalue weighted by Gasteiger charge is -2.14. The zero-order valence-electron chi connectivity index (χ0n) is 15.5. The molecule has 0 unspecified atom stereocenters. The van der Waals surface area contributed by atoms with Crippen LogP contribution in [-0.2, 0) is 20.9 Å². The molecule has 1 aromatic rings. The average molecular weight is 376 g/mol. The van der Waals surface area contributed by atoms with E-state index in [1.54, 1.807) is 0 Å². The second-order valence-corrected chi connectivity index (χ2v) is 6.15. The number of allylic oxidation sites excluding steroid dienone is 1. The number of alkyl carbamates (subject to hydrolysis) is 1. The summed E-state index contributed by atoms with van der Waals surface area (Å²) < 4.78 is 4.99. The van der Waals surface area contributed by atoms with E-state index in [0.29, 0.717) is 12.8 Å². The van der Waals surface area contributed by atoms with Crippen molar-refractivity contribution in [1.82, 2.24) is 10.6 Å². The predicted molar refractivity (Wildman–Crippen MR) is 102 cm³/mol. The van der Waals surface area contributed by atoms with E-state index in [-0.39, 0.29) is 13.2 Å². The van der Waals surface area contributed by atoms with Gasteiger partial charge in [0.05, 0.1) is 0 Å². The van der Waals surface area contributed by atoms with E-state index >= 15 is 0 Å². The molecule has 148 valence electrons. The fraction of sp³-hybridized carbons (Fsp3) is 0.450. The van der Waals surface area contributed by atoms with E-state index in [4.69, 9.17) is 4.74 Å². The zero-order chi connectivity index (χ0) is 19.9. The van der Waals surface area contributed by atoms with E-state index in [0.717, 1.165) is 31.2 Å². The molecule has 0 aromatic heterocycles. The summed E-state index contributed by atoms with van der Waals surface area (Å²) in [7, 11) is 0. The maximum Gasteiger partial charge on any atom is 0.407 e. The smallest absolute Gasteiger partial charge is 0.407 e. The third kappa shape index (κ3) is 10.7. The van der Waals surface area contributed by atoms with Gasteiger partial charge in [0.2, 0.25) is 5.91 Å². The van der Waals surface area contributed by atoms with E-state index < -0.39 is 24.0 Å². The lowest BCUT2D eigenvalue weighted by atomic mass is 10.1. The monoisotopic (exact) mass is 376 g/mol. The molecule has 0 aliphatic rings. The van der Waals surface area contributed by atoms with Gasteiger partial charge in [-0.15, -0.1) is 6.58 Å². The van der Waals surface area contributed by atoms with Gasteiger partial charge in [-0.1, -0.05) is 55.7 Å². The number of carbonyl (C=O) groups excluding carboxylic acids is 2. The number of benzene rings is 1. The first-order valence-electron chi connectivity index (χ1n) is 9.10. The lowest BCUT2D eigenvalue weighted by molar-refractivity contribution is -0.141. The second-order valence-electron chi connectivity index (χ2n) is 6.15. The van der Waals surface area contributed by atoms with Gasteiger partial charge >= 0.3 is 12.1 Å². The van der Waals surface area contributed by atoms with Crippen molar-refractivity contribution >= 4 is 18.0 Å². The molecule has 0 bridgehead atoms. The quantitative estimate of drug-likeness (QED) is 0.363. The molecule has 1 atom stereocenters. The summed E-state index contributed by atoms with van der Waals surface area (Å²) in [6.07, 6.45) is 6.07. The molecule has 0 saturated heterocycles. The Hall–Kier alpha value is -2.83. The fourth-order valence-corrected chi connectivity index (χ4v) is 2.42. The topological polar surface area (TPSA) is 105 Å². The summed E-state index contributed by atoms with van der Waals surface area (Å²) in [5, 5.41) is 13.9. The number of carboxylic acids is 1. The third-order valence-electron chi connectivity index (χ3n) is 3.89. The van der Waals surface area contributed by atoms with Gasteiger partial charge in [0.25, 0.3) is 0 Å². The molecule has 0 aliphatic carbocycles. The largest absolute Gasteiger partial charge is 0.480 e. The van der Waals surface area contributed by atoms with E-state index in [2.05, 4.69) is 17.2 Å². The first kappa shape index (κ1) is 22.2. The van der Waals surface area contributed by atoms with Crippen molar-refractivity contribution in [3.8, 4) is 0 Å². The Kier molecular flexibility index (Phi) is 11.0. The molecule has 1 aromatic carbocycles. The van der Waals surface area contributed by atoms with Crippen molar-refractivity contribution in [2.45, 2.75) is 51.2 Å². The molecule has 0 radical (unpaired) electrons. The number of rotatable bonds is 13. The van der Waals surface area contributed by atoms with Crippen LogP contribution in [0.3, 0.4) is 0 Å². The highest BCUT2D eigenvalue weighted by atomic mass is 16.5. The maximum atomic E-state index is 11.9. The molecule has 0 saturated carbocycles. The average Bonchev–Trinajstić information content (AvgIpc) is 2.67. The molecule has 27 heavy (non-hydrogen) atoms. The van der Waals surface area contributed by atoms with Gasteiger partial charge in [0.1, 0.15) is 19.2 Å². The van der Waals surface area contributed by atoms with Gasteiger partial charge in [-0.25, -0.2) is 9.59 Å². The summed E-state index contributed by atoms with van der Waals surface area (Å²) >= 11 is 0. The van der Waals surface area contributed by atoms with Crippen molar-refractivity contribution in [3.63, 3.8) is 0 Å². The van der Waals surface area contributed by atoms with Crippen LogP contribution in [0.5, 0.6) is 0 Å². The summed E-state index contributed by atoms with van der Waals surface area (Å²) in [6, 6.07) is 8.18. The van der Waals surface area contributed by atoms with Gasteiger partial charge in [0.15, 0.2) is 0 Å². The van der Waals surface area contributed by atoms with Crippen LogP contribution in [0.25, 0.3) is 0 Å². The van der Waals surface area contributed by atoms with Crippen molar-refractivity contribution in [2.75, 3.05) is 6.54 Å². The van der Waals surface area contributed by atoms with Gasteiger partial charge in [-0.05, 0) is 24.8 Å². The molecule has 0 heterocycles. The lowest BCUT2D eigenvalue weighted by Crippen LogP contribution is -2.45. The Morgan fingerprint density at radius 3 is 2.48 bits per heavy atom. The van der Waals surface area contributed by atoms with Crippen LogP contribution in [0.2, 0.25) is 0 Å². The summed E-state index contributed by atoms with van der Waals surface area (Å²) in [6.45, 7) is 3.41. The summed E-state index contributed by atoms with van der Waals surface area (Å²) in [4.78, 5) is 34.7. The highest BCUT2D eigenvalue weighted by Crippen LogP contribution is 2.08. The third-order valence-corrected chi connectivity index (χ3v) is 3.89. The molecule has 7 heteroatoms. The molecule has 1 rings (SSSR count). The number of hydrogen-bond donors (Lipinski definition) is 3. The van der Waals surface area contributed by atoms with Crippen molar-refractivity contribution in [1.29, 1.82) is 0 Å². The fourth-order valence-electron chi connectivity index (χ4n) is 2.42. The van der Waals surface area contributed by atoms with Gasteiger partial charge in [-0.3, -0.25) is 4.79 Å². The molecule has 0 aliphatic heterocycles. The SMILES string of the molecule is C=CCCCCCC[C@@H](NC(=O)CNC(=O)OCc1ccccc1)C(=O)O. The molecule has 3 N–H and O–H groups in total. The minimum atomic E-state index is -1.08. The number of unbranched alkanes of at least 4 members (excludes halogenated alkanes) is 4. The minimum Gasteiger partial charge on any atom is -0.480 e. The molecule has 7 nitrogen and oxygen atoms in total. The van der Waals surface area contributed by atoms with Crippen LogP contribution in [0.4, 0.5) is 4.79 Å². The van der Waals surface area contributed by atoms with Crippen LogP contribution in [-0.4, -0.2) is 35.7 Å². The molecular formula is C20H28N2O5. The maximum absolute atomic E-state index is 11.9. The van der Waals surface area contributed by atoms with Crippen molar-refractivity contribution in [2.24, 2.45) is 0 Å². The van der Waals surface area contributed by atoms with Crippen LogP contribution in [0.1, 0.15) is 44.1 Å². The Balaban J connectivity index is 2.23. The first-order valence-corrected chi connectivity index (χ1v) is 9.10. The van der Waals surface area contributed by atoms with Gasteiger partial charge in [0, 0.05) is 0 Å². The number of nitrogens with one attached hydrogen (secondary N) is 2. The molecular weight excluding hydrogens is 348 g/mol. The predicted octanol–water partition coefficient (Wildman–Crippen LogP) is 3.01. The zero-order valence-corrected chi connectivity index (χ0v) is 15.5. The first-order chi connectivity index (χ1) is 13.0. The molecule has 0 spiro atoms. The van der Waals surface area contributed by atoms with Crippen LogP contribution in [0.15, 0.2) is 43.0 Å². The highest BCUT2D eigenvalue weighted by molar-refractivity contribution is 5.86. The minimum absolute atomic E-state index is 0.0951. The number of aliphatic carboxylic acids is 1. The van der Waals surface area contributed by atoms with E-state index in [9.17, 15) is 19.5 Å². The Bertz CT molecular complexity index is 604. The van der Waals surface area contributed by atoms with E-state index in [1.807, 2.05) is 36.4 Å². The number of hydrogen-bond acceptors (Lipinski definition) is 4. The Morgan fingerprint density at radius 1 is 1.11 bits per heavy atom. The van der Waals surface area contributed by atoms with E-state index in [1.165, 1.54) is 0 Å². The van der Waals surface area contributed by atoms with Crippen LogP contribution >= 0.6 is 0 Å². The summed E-state index contributed by atoms with van der Waals surface area (Å²) in [5.74, 6) is -1.65. The second kappa shape index (κ2) is 13.4. The number of ether oxygens (including phenoxy) is 1. The number of carbonyl (C=O) groups is 3. The number of carboxylic acid groups (broad SMARTS) is 1. The highest BCUT2D eigenvalue weighted by Gasteiger charge is 2.19. The van der Waals surface area contributed by atoms with Crippen molar-refractivity contribution < 1.29 is 24.2 Å². The standard InChI is InChI=1S/C20H28N2O5/c1-2-3-4-5-6-10-13-17(19(24)25)22-18(23)14-21-20(26)27-15-16-11-8-7-9-12-16/h2,7-9,11-12,17H,1,3-6,10,13-15H2,(H,21,26)(H,22,23)(H,24,25)/t17-/m1/s1. The van der Waals surface area contributed by atoms with Crippen molar-refractivity contribution in [3.05, 3.63) is 48.6 Å². The number of amides is 2. The molecule has 2 amide bonds. The van der Waals surface area contributed by atoms with Gasteiger partial charge < -0.3 is 20.5 Å². The van der Waals surface area contributed by atoms with Crippen LogP contribution < -0.4 is 10.6 Å². The summed E-state index contributed by atoms with van der Waals surface area (Å²) in [5.41, 5.74) is 0.830. The normalized spacial score (nSPS) is 11.3. The van der Waals surface area contributed by atoms with Gasteiger partial charge in [-0.2, -0.15) is 0 Å². The van der Waals surface area contributed by atoms with Crippen LogP contribution in [0, 0.1) is 0 Å². The Labute approximate surface area is 159 Å². The Morgan fingerprint density at radius 2 is 1.81 bits per heavy atom.